The Morgan fingerprint density at radius 2 is 2.00 bits per heavy atom. The van der Waals surface area contributed by atoms with Gasteiger partial charge in [0.1, 0.15) is 5.82 Å². The quantitative estimate of drug-likeness (QED) is 0.478. The zero-order valence-corrected chi connectivity index (χ0v) is 16.9. The maximum atomic E-state index is 13.3. The lowest BCUT2D eigenvalue weighted by Crippen LogP contribution is -2.30. The van der Waals surface area contributed by atoms with Crippen molar-refractivity contribution in [2.75, 3.05) is 11.6 Å². The molecule has 0 saturated carbocycles. The summed E-state index contributed by atoms with van der Waals surface area (Å²) in [6.45, 7) is 1.44. The van der Waals surface area contributed by atoms with Crippen LogP contribution >= 0.6 is 11.8 Å². The second kappa shape index (κ2) is 9.24. The van der Waals surface area contributed by atoms with E-state index in [1.807, 2.05) is 6.07 Å². The molecule has 0 bridgehead atoms. The molecule has 0 aliphatic carbocycles. The zero-order valence-electron chi connectivity index (χ0n) is 16.1. The maximum absolute atomic E-state index is 13.3. The summed E-state index contributed by atoms with van der Waals surface area (Å²) in [5.41, 5.74) is 1.46. The van der Waals surface area contributed by atoms with Crippen LogP contribution in [0.25, 0.3) is 5.69 Å². The van der Waals surface area contributed by atoms with Crippen LogP contribution in [-0.4, -0.2) is 33.8 Å². The van der Waals surface area contributed by atoms with Crippen molar-refractivity contribution in [3.8, 4) is 11.8 Å². The van der Waals surface area contributed by atoms with Gasteiger partial charge < -0.3 is 10.1 Å². The first-order valence-corrected chi connectivity index (χ1v) is 10.0. The summed E-state index contributed by atoms with van der Waals surface area (Å²) >= 11 is 1.31. The van der Waals surface area contributed by atoms with Crippen molar-refractivity contribution in [3.63, 3.8) is 0 Å². The predicted octanol–water partition coefficient (Wildman–Crippen LogP) is 3.79. The van der Waals surface area contributed by atoms with Crippen molar-refractivity contribution in [1.82, 2.24) is 9.55 Å². The third-order valence-corrected chi connectivity index (χ3v) is 4.77. The highest BCUT2D eigenvalue weighted by Gasteiger charge is 2.24. The fourth-order valence-corrected chi connectivity index (χ4v) is 3.19. The number of halogens is 1. The van der Waals surface area contributed by atoms with Crippen LogP contribution in [0.5, 0.6) is 0 Å². The van der Waals surface area contributed by atoms with Crippen LogP contribution in [0.15, 0.2) is 59.9 Å². The lowest BCUT2D eigenvalue weighted by atomic mass is 10.2. The molecule has 3 aromatic rings. The van der Waals surface area contributed by atoms with Gasteiger partial charge in [-0.25, -0.2) is 14.2 Å². The molecule has 1 heterocycles. The van der Waals surface area contributed by atoms with E-state index < -0.39 is 23.8 Å². The van der Waals surface area contributed by atoms with Crippen molar-refractivity contribution >= 4 is 29.3 Å². The SMILES string of the molecule is CSc1ncc(C(=O)OC(C)C(=O)Nc2cccc(C#N)c2)n1-c1ccc(F)cc1. The van der Waals surface area contributed by atoms with Crippen LogP contribution < -0.4 is 5.32 Å². The van der Waals surface area contributed by atoms with Gasteiger partial charge in [0, 0.05) is 11.4 Å². The molecule has 1 N–H and O–H groups in total. The van der Waals surface area contributed by atoms with Crippen molar-refractivity contribution in [3.05, 3.63) is 71.8 Å². The molecule has 9 heteroatoms. The fraction of sp³-hybridized carbons (Fsp3) is 0.143. The Morgan fingerprint density at radius 1 is 1.27 bits per heavy atom. The number of rotatable bonds is 6. The Labute approximate surface area is 176 Å². The summed E-state index contributed by atoms with van der Waals surface area (Å²) in [5, 5.41) is 12.1. The Bertz CT molecular complexity index is 1120. The van der Waals surface area contributed by atoms with Crippen LogP contribution in [0.2, 0.25) is 0 Å². The molecule has 0 aliphatic heterocycles. The normalized spacial score (nSPS) is 11.4. The molecule has 1 aromatic heterocycles. The monoisotopic (exact) mass is 424 g/mol. The zero-order chi connectivity index (χ0) is 21.7. The Kier molecular flexibility index (Phi) is 6.49. The van der Waals surface area contributed by atoms with E-state index >= 15 is 0 Å². The van der Waals surface area contributed by atoms with E-state index in [1.165, 1.54) is 59.8 Å². The molecule has 1 atom stereocenters. The number of anilines is 1. The minimum absolute atomic E-state index is 0.108. The number of esters is 1. The van der Waals surface area contributed by atoms with Gasteiger partial charge >= 0.3 is 5.97 Å². The number of thioether (sulfide) groups is 1. The van der Waals surface area contributed by atoms with Gasteiger partial charge in [-0.2, -0.15) is 5.26 Å². The number of hydrogen-bond donors (Lipinski definition) is 1. The van der Waals surface area contributed by atoms with E-state index in [2.05, 4.69) is 10.3 Å². The summed E-state index contributed by atoms with van der Waals surface area (Å²) in [5.74, 6) is -1.70. The number of benzene rings is 2. The Morgan fingerprint density at radius 3 is 2.67 bits per heavy atom. The summed E-state index contributed by atoms with van der Waals surface area (Å²) in [6.07, 6.45) is 2.04. The average Bonchev–Trinajstić information content (AvgIpc) is 3.18. The summed E-state index contributed by atoms with van der Waals surface area (Å²) in [4.78, 5) is 29.3. The van der Waals surface area contributed by atoms with Gasteiger partial charge in [0.25, 0.3) is 5.91 Å². The summed E-state index contributed by atoms with van der Waals surface area (Å²) in [6, 6.07) is 14.0. The third kappa shape index (κ3) is 4.67. The van der Waals surface area contributed by atoms with E-state index in [9.17, 15) is 14.0 Å². The van der Waals surface area contributed by atoms with Gasteiger partial charge in [0.2, 0.25) is 0 Å². The molecule has 0 saturated heterocycles. The Balaban J connectivity index is 1.77. The van der Waals surface area contributed by atoms with E-state index in [-0.39, 0.29) is 5.69 Å². The fourth-order valence-electron chi connectivity index (χ4n) is 2.65. The predicted molar refractivity (Wildman–Crippen MR) is 110 cm³/mol. The Hall–Kier alpha value is -3.64. The van der Waals surface area contributed by atoms with Gasteiger partial charge in [-0.05, 0) is 55.6 Å². The minimum Gasteiger partial charge on any atom is -0.448 e. The number of amides is 1. The van der Waals surface area contributed by atoms with Crippen LogP contribution in [0, 0.1) is 17.1 Å². The molecule has 3 rings (SSSR count). The highest BCUT2D eigenvalue weighted by atomic mass is 32.2. The number of aromatic nitrogens is 2. The highest BCUT2D eigenvalue weighted by molar-refractivity contribution is 7.98. The molecule has 0 aliphatic rings. The first-order valence-electron chi connectivity index (χ1n) is 8.82. The third-order valence-electron chi connectivity index (χ3n) is 4.12. The first kappa shape index (κ1) is 21.1. The second-order valence-electron chi connectivity index (χ2n) is 6.17. The summed E-state index contributed by atoms with van der Waals surface area (Å²) < 4.78 is 20.1. The molecular formula is C21H17FN4O3S. The standard InChI is InChI=1S/C21H17FN4O3S/c1-13(19(27)25-16-5-3-4-14(10-16)11-23)29-20(28)18-12-24-21(30-2)26(18)17-8-6-15(22)7-9-17/h3-10,12-13H,1-2H3,(H,25,27). The number of carbonyl (C=O) groups excluding carboxylic acids is 2. The van der Waals surface area contributed by atoms with Crippen LogP contribution in [0.3, 0.4) is 0 Å². The van der Waals surface area contributed by atoms with Gasteiger partial charge in [-0.15, -0.1) is 0 Å². The summed E-state index contributed by atoms with van der Waals surface area (Å²) in [7, 11) is 0. The number of nitrogens with zero attached hydrogens (tertiary/aromatic N) is 3. The molecule has 152 valence electrons. The van der Waals surface area contributed by atoms with Gasteiger partial charge in [-0.3, -0.25) is 9.36 Å². The molecule has 7 nitrogen and oxygen atoms in total. The first-order chi connectivity index (χ1) is 14.4. The molecule has 2 aromatic carbocycles. The maximum Gasteiger partial charge on any atom is 0.357 e. The molecule has 0 radical (unpaired) electrons. The van der Waals surface area contributed by atoms with Gasteiger partial charge in [0.05, 0.1) is 17.8 Å². The van der Waals surface area contributed by atoms with Crippen LogP contribution in [-0.2, 0) is 9.53 Å². The number of hydrogen-bond acceptors (Lipinski definition) is 6. The van der Waals surface area contributed by atoms with E-state index in [0.717, 1.165) is 0 Å². The van der Waals surface area contributed by atoms with Crippen LogP contribution in [0.4, 0.5) is 10.1 Å². The number of ether oxygens (including phenoxy) is 1. The number of nitrogens with one attached hydrogen (secondary N) is 1. The smallest absolute Gasteiger partial charge is 0.357 e. The van der Waals surface area contributed by atoms with Gasteiger partial charge in [-0.1, -0.05) is 17.8 Å². The topological polar surface area (TPSA) is 97.0 Å². The lowest BCUT2D eigenvalue weighted by molar-refractivity contribution is -0.123. The molecule has 1 amide bonds. The number of nitriles is 1. The largest absolute Gasteiger partial charge is 0.448 e. The molecule has 0 fully saturated rings. The van der Waals surface area contributed by atoms with E-state index in [4.69, 9.17) is 10.00 Å². The minimum atomic E-state index is -1.10. The molecule has 1 unspecified atom stereocenters. The van der Waals surface area contributed by atoms with E-state index in [1.54, 1.807) is 24.5 Å². The van der Waals surface area contributed by atoms with Crippen LogP contribution in [0.1, 0.15) is 23.0 Å². The average molecular weight is 424 g/mol. The lowest BCUT2D eigenvalue weighted by Gasteiger charge is -2.15. The highest BCUT2D eigenvalue weighted by Crippen LogP contribution is 2.23. The molecule has 30 heavy (non-hydrogen) atoms. The van der Waals surface area contributed by atoms with Crippen molar-refractivity contribution in [2.24, 2.45) is 0 Å². The molecular weight excluding hydrogens is 407 g/mol. The van der Waals surface area contributed by atoms with E-state index in [0.29, 0.717) is 22.1 Å². The number of imidazole rings is 1. The van der Waals surface area contributed by atoms with Crippen molar-refractivity contribution < 1.29 is 18.7 Å². The number of carbonyl (C=O) groups is 2. The molecule has 0 spiro atoms. The van der Waals surface area contributed by atoms with Gasteiger partial charge in [0.15, 0.2) is 17.0 Å². The van der Waals surface area contributed by atoms with Crippen molar-refractivity contribution in [2.45, 2.75) is 18.2 Å². The van der Waals surface area contributed by atoms with Crippen molar-refractivity contribution in [1.29, 1.82) is 5.26 Å². The second-order valence-corrected chi connectivity index (χ2v) is 6.94.